The van der Waals surface area contributed by atoms with Crippen LogP contribution < -0.4 is 0 Å². The largest absolute Gasteiger partial charge is 0.481 e. The van der Waals surface area contributed by atoms with Crippen molar-refractivity contribution < 1.29 is 15.0 Å². The number of aliphatic carboxylic acids is 1. The molecule has 21 heavy (non-hydrogen) atoms. The molecule has 2 fully saturated rings. The lowest BCUT2D eigenvalue weighted by molar-refractivity contribution is -0.136. The Morgan fingerprint density at radius 2 is 1.71 bits per heavy atom. The van der Waals surface area contributed by atoms with Gasteiger partial charge in [-0.2, -0.15) is 0 Å². The number of aliphatic hydroxyl groups is 1. The summed E-state index contributed by atoms with van der Waals surface area (Å²) in [5.41, 5.74) is 0.843. The van der Waals surface area contributed by atoms with Crippen molar-refractivity contribution in [3.63, 3.8) is 0 Å². The lowest BCUT2D eigenvalue weighted by Gasteiger charge is -2.33. The Hall–Kier alpha value is -1.10. The Labute approximate surface area is 132 Å². The van der Waals surface area contributed by atoms with Crippen LogP contribution >= 0.6 is 12.4 Å². The quantitative estimate of drug-likeness (QED) is 0.880. The van der Waals surface area contributed by atoms with Crippen LogP contribution in [0.3, 0.4) is 0 Å². The van der Waals surface area contributed by atoms with Crippen LogP contribution in [-0.4, -0.2) is 46.3 Å². The second-order valence-electron chi connectivity index (χ2n) is 5.73. The number of fused-ring (bicyclic) bond motifs is 2. The van der Waals surface area contributed by atoms with E-state index < -0.39 is 5.97 Å². The molecule has 0 amide bonds. The Morgan fingerprint density at radius 3 is 2.19 bits per heavy atom. The minimum absolute atomic E-state index is 0. The van der Waals surface area contributed by atoms with Gasteiger partial charge in [-0.1, -0.05) is 30.3 Å². The van der Waals surface area contributed by atoms with Gasteiger partial charge in [0.2, 0.25) is 0 Å². The van der Waals surface area contributed by atoms with Crippen molar-refractivity contribution in [2.75, 3.05) is 7.05 Å². The number of piperidine rings is 1. The highest BCUT2D eigenvalue weighted by Gasteiger charge is 2.37. The lowest BCUT2D eigenvalue weighted by Crippen LogP contribution is -2.41. The summed E-state index contributed by atoms with van der Waals surface area (Å²) in [6.07, 6.45) is 4.73. The molecule has 3 atom stereocenters. The van der Waals surface area contributed by atoms with Crippen molar-refractivity contribution in [2.45, 2.75) is 50.3 Å². The van der Waals surface area contributed by atoms with Gasteiger partial charge in [0.15, 0.2) is 0 Å². The molecule has 118 valence electrons. The third-order valence-corrected chi connectivity index (χ3v) is 4.27. The number of carbonyl (C=O) groups is 1. The van der Waals surface area contributed by atoms with Crippen LogP contribution in [0.15, 0.2) is 30.3 Å². The summed E-state index contributed by atoms with van der Waals surface area (Å²) in [6, 6.07) is 10.5. The third kappa shape index (κ3) is 5.30. The zero-order chi connectivity index (χ0) is 14.5. The first-order valence-electron chi connectivity index (χ1n) is 7.22. The second-order valence-corrected chi connectivity index (χ2v) is 5.73. The van der Waals surface area contributed by atoms with Crippen LogP contribution in [0.4, 0.5) is 0 Å². The maximum atomic E-state index is 10.2. The monoisotopic (exact) mass is 313 g/mol. The summed E-state index contributed by atoms with van der Waals surface area (Å²) in [6.45, 7) is 0. The molecule has 1 unspecified atom stereocenters. The zero-order valence-corrected chi connectivity index (χ0v) is 13.1. The van der Waals surface area contributed by atoms with Crippen LogP contribution in [0.5, 0.6) is 0 Å². The molecule has 2 N–H and O–H groups in total. The molecule has 2 heterocycles. The number of halogens is 1. The molecule has 4 nitrogen and oxygen atoms in total. The van der Waals surface area contributed by atoms with Gasteiger partial charge in [-0.25, -0.2) is 0 Å². The number of hydrogen-bond donors (Lipinski definition) is 2. The van der Waals surface area contributed by atoms with Gasteiger partial charge >= 0.3 is 5.97 Å². The fraction of sp³-hybridized carbons (Fsp3) is 0.562. The van der Waals surface area contributed by atoms with E-state index in [-0.39, 0.29) is 24.9 Å². The van der Waals surface area contributed by atoms with Gasteiger partial charge in [0.25, 0.3) is 0 Å². The van der Waals surface area contributed by atoms with E-state index >= 15 is 0 Å². The van der Waals surface area contributed by atoms with Crippen molar-refractivity contribution in [3.05, 3.63) is 35.9 Å². The molecule has 5 heteroatoms. The number of rotatable bonds is 2. The highest BCUT2D eigenvalue weighted by atomic mass is 35.5. The molecule has 0 spiro atoms. The molecule has 0 aromatic heterocycles. The SMILES string of the molecule is CN1[C@@H]2CC[C@H]1CC(O)C2.Cl.O=C(O)Cc1ccccc1. The maximum absolute atomic E-state index is 10.2. The Kier molecular flexibility index (Phi) is 7.15. The van der Waals surface area contributed by atoms with Crippen LogP contribution in [0.1, 0.15) is 31.2 Å². The number of nitrogens with zero attached hydrogens (tertiary/aromatic N) is 1. The van der Waals surface area contributed by atoms with Crippen LogP contribution in [-0.2, 0) is 11.2 Å². The first-order valence-corrected chi connectivity index (χ1v) is 7.22. The smallest absolute Gasteiger partial charge is 0.307 e. The standard InChI is InChI=1S/C8H15NO.C8H8O2.ClH/c1-9-6-2-3-7(9)5-8(10)4-6;9-8(10)6-7-4-2-1-3-5-7;/h6-8,10H,2-5H2,1H3;1-5H,6H2,(H,9,10);1H/t6-,7+,8?;;. The van der Waals surface area contributed by atoms with E-state index in [1.54, 1.807) is 12.1 Å². The minimum Gasteiger partial charge on any atom is -0.481 e. The lowest BCUT2D eigenvalue weighted by atomic mass is 10.0. The highest BCUT2D eigenvalue weighted by molar-refractivity contribution is 5.85. The maximum Gasteiger partial charge on any atom is 0.307 e. The number of hydrogen-bond acceptors (Lipinski definition) is 3. The van der Waals surface area contributed by atoms with Gasteiger partial charge in [0.1, 0.15) is 0 Å². The molecule has 2 bridgehead atoms. The summed E-state index contributed by atoms with van der Waals surface area (Å²) in [4.78, 5) is 12.6. The molecule has 0 aliphatic carbocycles. The molecular formula is C16H24ClNO3. The predicted molar refractivity (Wildman–Crippen MR) is 84.8 cm³/mol. The van der Waals surface area contributed by atoms with Crippen LogP contribution in [0.2, 0.25) is 0 Å². The van der Waals surface area contributed by atoms with E-state index in [2.05, 4.69) is 11.9 Å². The molecular weight excluding hydrogens is 290 g/mol. The summed E-state index contributed by atoms with van der Waals surface area (Å²) in [5.74, 6) is -0.786. The number of benzene rings is 1. The van der Waals surface area contributed by atoms with E-state index in [9.17, 15) is 9.90 Å². The van der Waals surface area contributed by atoms with Crippen LogP contribution in [0.25, 0.3) is 0 Å². The molecule has 2 saturated heterocycles. The van der Waals surface area contributed by atoms with Crippen molar-refractivity contribution in [3.8, 4) is 0 Å². The summed E-state index contributed by atoms with van der Waals surface area (Å²) in [7, 11) is 2.19. The van der Waals surface area contributed by atoms with Crippen molar-refractivity contribution in [1.82, 2.24) is 4.90 Å². The molecule has 2 aliphatic rings. The topological polar surface area (TPSA) is 60.8 Å². The summed E-state index contributed by atoms with van der Waals surface area (Å²) < 4.78 is 0. The molecule has 3 rings (SSSR count). The van der Waals surface area contributed by atoms with E-state index in [1.165, 1.54) is 12.8 Å². The van der Waals surface area contributed by atoms with Gasteiger partial charge in [-0.3, -0.25) is 4.79 Å². The first kappa shape index (κ1) is 18.0. The minimum atomic E-state index is -0.786. The van der Waals surface area contributed by atoms with E-state index in [1.807, 2.05) is 18.2 Å². The van der Waals surface area contributed by atoms with Gasteiger partial charge in [0, 0.05) is 12.1 Å². The predicted octanol–water partition coefficient (Wildman–Crippen LogP) is 2.34. The van der Waals surface area contributed by atoms with Gasteiger partial charge in [-0.15, -0.1) is 12.4 Å². The van der Waals surface area contributed by atoms with Gasteiger partial charge in [0.05, 0.1) is 12.5 Å². The second kappa shape index (κ2) is 8.37. The Morgan fingerprint density at radius 1 is 1.19 bits per heavy atom. The molecule has 1 aromatic rings. The number of carboxylic acids is 1. The highest BCUT2D eigenvalue weighted by Crippen LogP contribution is 2.33. The fourth-order valence-corrected chi connectivity index (χ4v) is 3.15. The molecule has 1 aromatic carbocycles. The summed E-state index contributed by atoms with van der Waals surface area (Å²) in [5, 5.41) is 17.7. The fourth-order valence-electron chi connectivity index (χ4n) is 3.15. The van der Waals surface area contributed by atoms with Crippen molar-refractivity contribution >= 4 is 18.4 Å². The van der Waals surface area contributed by atoms with Crippen molar-refractivity contribution in [1.29, 1.82) is 0 Å². The van der Waals surface area contributed by atoms with E-state index in [4.69, 9.17) is 5.11 Å². The average Bonchev–Trinajstić information content (AvgIpc) is 2.63. The molecule has 2 aliphatic heterocycles. The van der Waals surface area contributed by atoms with Gasteiger partial charge in [-0.05, 0) is 38.3 Å². The van der Waals surface area contributed by atoms with Crippen molar-refractivity contribution in [2.24, 2.45) is 0 Å². The number of carboxylic acid groups (broad SMARTS) is 1. The van der Waals surface area contributed by atoms with E-state index in [0.717, 1.165) is 18.4 Å². The Bertz CT molecular complexity index is 426. The number of aliphatic hydroxyl groups excluding tert-OH is 1. The Balaban J connectivity index is 0.000000200. The molecule has 0 radical (unpaired) electrons. The van der Waals surface area contributed by atoms with Gasteiger partial charge < -0.3 is 15.1 Å². The summed E-state index contributed by atoms with van der Waals surface area (Å²) >= 11 is 0. The molecule has 0 saturated carbocycles. The average molecular weight is 314 g/mol. The van der Waals surface area contributed by atoms with Crippen LogP contribution in [0, 0.1) is 0 Å². The third-order valence-electron chi connectivity index (χ3n) is 4.27. The first-order chi connectivity index (χ1) is 9.56. The normalized spacial score (nSPS) is 27.2. The van der Waals surface area contributed by atoms with E-state index in [0.29, 0.717) is 12.1 Å². The zero-order valence-electron chi connectivity index (χ0n) is 12.3.